The van der Waals surface area contributed by atoms with Crippen LogP contribution in [-0.2, 0) is 57.5 Å². The zero-order chi connectivity index (χ0) is 38.2. The van der Waals surface area contributed by atoms with Gasteiger partial charge >= 0.3 is 41.8 Å². The van der Waals surface area contributed by atoms with Crippen LogP contribution in [0.4, 0.5) is 0 Å². The van der Waals surface area contributed by atoms with E-state index < -0.39 is 146 Å². The van der Waals surface area contributed by atoms with Gasteiger partial charge in [0, 0.05) is 0 Å². The third-order valence-corrected chi connectivity index (χ3v) is 5.80. The summed E-state index contributed by atoms with van der Waals surface area (Å²) in [5.41, 5.74) is 5.60. The molecule has 0 rings (SSSR count). The van der Waals surface area contributed by atoms with Crippen molar-refractivity contribution in [3.8, 4) is 0 Å². The van der Waals surface area contributed by atoms with Crippen molar-refractivity contribution in [2.75, 3.05) is 0 Å². The van der Waals surface area contributed by atoms with Crippen molar-refractivity contribution in [2.24, 2.45) is 5.73 Å². The third kappa shape index (κ3) is 17.2. The normalized spacial score (nSPS) is 14.1. The molecule has 0 heterocycles. The molecule has 0 aliphatic carbocycles. The smallest absolute Gasteiger partial charge is 0.326 e. The molecule has 0 aromatic heterocycles. The number of hydrogen-bond donors (Lipinski definition) is 13. The highest BCUT2D eigenvalue weighted by Gasteiger charge is 2.34. The largest absolute Gasteiger partial charge is 0.481 e. The second kappa shape index (κ2) is 20.0. The maximum Gasteiger partial charge on any atom is 0.326 e. The van der Waals surface area contributed by atoms with E-state index in [4.69, 9.17) is 36.4 Å². The molecule has 0 fully saturated rings. The Hall–Kier alpha value is -6.40. The van der Waals surface area contributed by atoms with Gasteiger partial charge in [0.05, 0.1) is 44.6 Å². The van der Waals surface area contributed by atoms with Crippen molar-refractivity contribution in [2.45, 2.75) is 74.8 Å². The van der Waals surface area contributed by atoms with Crippen LogP contribution >= 0.6 is 0 Å². The molecular formula is C24H32N6O19. The van der Waals surface area contributed by atoms with Gasteiger partial charge in [0.1, 0.15) is 30.2 Å². The molecule has 0 bridgehead atoms. The van der Waals surface area contributed by atoms with Gasteiger partial charge in [-0.2, -0.15) is 0 Å². The summed E-state index contributed by atoms with van der Waals surface area (Å²) >= 11 is 0. The standard InChI is InChI=1S/C24H32N6O19/c25-7(1-13(31)26-10(22(44)45)4-16(34)35)19(40)29-8(2-14(32)27-11(23(46)47)5-17(36)37)20(41)30-9(21(42)43)3-15(33)28-12(24(48)49)6-18(38)39/h7-12H,1-6,25H2,(H,26,31)(H,27,32)(H,28,33)(H,29,40)(H,30,41)(H,34,35)(H,36,37)(H,38,39)(H,42,43)(H,44,45)(H,46,47)(H,48,49)/t7-,8?,9?,10+,11+,12+/m1/s1. The number of nitrogens with two attached hydrogens (primary N) is 1. The lowest BCUT2D eigenvalue weighted by molar-refractivity contribution is -0.148. The van der Waals surface area contributed by atoms with Crippen LogP contribution in [-0.4, -0.2) is 143 Å². The fourth-order valence-electron chi connectivity index (χ4n) is 3.51. The van der Waals surface area contributed by atoms with Gasteiger partial charge in [-0.05, 0) is 0 Å². The summed E-state index contributed by atoms with van der Waals surface area (Å²) in [6.07, 6.45) is -6.89. The molecule has 0 saturated carbocycles. The highest BCUT2D eigenvalue weighted by atomic mass is 16.4. The van der Waals surface area contributed by atoms with Crippen molar-refractivity contribution >= 4 is 71.3 Å². The zero-order valence-electron chi connectivity index (χ0n) is 24.8. The van der Waals surface area contributed by atoms with E-state index in [1.807, 2.05) is 5.32 Å². The first kappa shape index (κ1) is 42.6. The molecule has 0 aromatic rings. The number of hydrogen-bond acceptors (Lipinski definition) is 13. The number of amides is 5. The number of rotatable bonds is 23. The van der Waals surface area contributed by atoms with Gasteiger partial charge < -0.3 is 68.1 Å². The molecule has 0 aromatic carbocycles. The van der Waals surface area contributed by atoms with Gasteiger partial charge in [-0.15, -0.1) is 0 Å². The molecule has 0 saturated heterocycles. The topological polar surface area (TPSA) is 433 Å². The molecule has 0 aliphatic heterocycles. The second-order valence-corrected chi connectivity index (χ2v) is 9.85. The Morgan fingerprint density at radius 2 is 0.633 bits per heavy atom. The molecule has 25 heteroatoms. The predicted octanol–water partition coefficient (Wildman–Crippen LogP) is -6.33. The molecule has 25 nitrogen and oxygen atoms in total. The zero-order valence-corrected chi connectivity index (χ0v) is 24.8. The van der Waals surface area contributed by atoms with E-state index >= 15 is 0 Å². The SMILES string of the molecule is N[C@H](CC(=O)N[C@@H](CC(=O)O)C(=O)O)C(=O)NC(CC(=O)N[C@@H](CC(=O)O)C(=O)O)C(=O)NC(CC(=O)N[C@@H](CC(=O)O)C(=O)O)C(=O)O. The predicted molar refractivity (Wildman–Crippen MR) is 149 cm³/mol. The van der Waals surface area contributed by atoms with E-state index in [2.05, 4.69) is 0 Å². The molecule has 2 unspecified atom stereocenters. The molecule has 6 atom stereocenters. The van der Waals surface area contributed by atoms with Crippen LogP contribution in [0.1, 0.15) is 38.5 Å². The minimum absolute atomic E-state index is 1.05. The average molecular weight is 709 g/mol. The summed E-state index contributed by atoms with van der Waals surface area (Å²) < 4.78 is 0. The Kier molecular flexibility index (Phi) is 17.4. The summed E-state index contributed by atoms with van der Waals surface area (Å²) in [5.74, 6) is -19.4. The maximum atomic E-state index is 13.0. The first-order chi connectivity index (χ1) is 22.5. The third-order valence-electron chi connectivity index (χ3n) is 5.80. The minimum atomic E-state index is -2.24. The van der Waals surface area contributed by atoms with Crippen LogP contribution < -0.4 is 32.3 Å². The lowest BCUT2D eigenvalue weighted by Crippen LogP contribution is -2.57. The molecule has 5 amide bonds. The minimum Gasteiger partial charge on any atom is -0.481 e. The van der Waals surface area contributed by atoms with Gasteiger partial charge in [0.2, 0.25) is 29.5 Å². The average Bonchev–Trinajstić information content (AvgIpc) is 2.94. The molecule has 272 valence electrons. The van der Waals surface area contributed by atoms with E-state index in [0.717, 1.165) is 0 Å². The Morgan fingerprint density at radius 1 is 0.367 bits per heavy atom. The van der Waals surface area contributed by atoms with Crippen molar-refractivity contribution in [1.29, 1.82) is 0 Å². The van der Waals surface area contributed by atoms with Gasteiger partial charge in [0.15, 0.2) is 0 Å². The Labute approximate surface area is 272 Å². The van der Waals surface area contributed by atoms with Gasteiger partial charge in [-0.3, -0.25) is 38.4 Å². The fourth-order valence-corrected chi connectivity index (χ4v) is 3.51. The number of carboxylic acids is 7. The monoisotopic (exact) mass is 708 g/mol. The number of carbonyl (C=O) groups excluding carboxylic acids is 5. The van der Waals surface area contributed by atoms with E-state index in [-0.39, 0.29) is 0 Å². The van der Waals surface area contributed by atoms with E-state index in [1.165, 1.54) is 0 Å². The highest BCUT2D eigenvalue weighted by Crippen LogP contribution is 2.04. The summed E-state index contributed by atoms with van der Waals surface area (Å²) in [5, 5.41) is 71.9. The Morgan fingerprint density at radius 3 is 0.939 bits per heavy atom. The maximum absolute atomic E-state index is 13.0. The summed E-state index contributed by atoms with van der Waals surface area (Å²) in [6.45, 7) is 0. The lowest BCUT2D eigenvalue weighted by Gasteiger charge is -2.23. The number of nitrogens with one attached hydrogen (secondary N) is 5. The van der Waals surface area contributed by atoms with Gasteiger partial charge in [0.25, 0.3) is 0 Å². The van der Waals surface area contributed by atoms with Crippen molar-refractivity contribution in [1.82, 2.24) is 26.6 Å². The second-order valence-electron chi connectivity index (χ2n) is 9.85. The highest BCUT2D eigenvalue weighted by molar-refractivity contribution is 5.98. The molecule has 14 N–H and O–H groups in total. The van der Waals surface area contributed by atoms with Crippen LogP contribution in [0.2, 0.25) is 0 Å². The summed E-state index contributed by atoms with van der Waals surface area (Å²) in [6, 6.07) is -12.4. The van der Waals surface area contributed by atoms with Crippen molar-refractivity contribution in [3.05, 3.63) is 0 Å². The number of carboxylic acid groups (broad SMARTS) is 7. The molecule has 49 heavy (non-hydrogen) atoms. The fraction of sp³-hybridized carbons (Fsp3) is 0.500. The molecule has 0 radical (unpaired) electrons. The number of aliphatic carboxylic acids is 7. The van der Waals surface area contributed by atoms with Crippen LogP contribution in [0.3, 0.4) is 0 Å². The Balaban J connectivity index is 6.06. The van der Waals surface area contributed by atoms with Crippen LogP contribution in [0, 0.1) is 0 Å². The van der Waals surface area contributed by atoms with Gasteiger partial charge in [-0.25, -0.2) is 19.2 Å². The lowest BCUT2D eigenvalue weighted by atomic mass is 10.1. The van der Waals surface area contributed by atoms with Crippen molar-refractivity contribution in [3.63, 3.8) is 0 Å². The van der Waals surface area contributed by atoms with E-state index in [0.29, 0.717) is 0 Å². The number of carbonyl (C=O) groups is 12. The molecule has 0 aliphatic rings. The molecular weight excluding hydrogens is 676 g/mol. The Bertz CT molecular complexity index is 1370. The van der Waals surface area contributed by atoms with Gasteiger partial charge in [-0.1, -0.05) is 0 Å². The first-order valence-electron chi connectivity index (χ1n) is 13.3. The van der Waals surface area contributed by atoms with E-state index in [9.17, 15) is 62.6 Å². The first-order valence-corrected chi connectivity index (χ1v) is 13.3. The quantitative estimate of drug-likeness (QED) is 0.0469. The summed E-state index contributed by atoms with van der Waals surface area (Å²) in [4.78, 5) is 141. The molecule has 0 spiro atoms. The van der Waals surface area contributed by atoms with Crippen LogP contribution in [0.5, 0.6) is 0 Å². The summed E-state index contributed by atoms with van der Waals surface area (Å²) in [7, 11) is 0. The van der Waals surface area contributed by atoms with E-state index in [1.54, 1.807) is 21.3 Å². The van der Waals surface area contributed by atoms with Crippen molar-refractivity contribution < 1.29 is 93.3 Å². The van der Waals surface area contributed by atoms with Crippen LogP contribution in [0.25, 0.3) is 0 Å². The van der Waals surface area contributed by atoms with Crippen LogP contribution in [0.15, 0.2) is 0 Å².